The highest BCUT2D eigenvalue weighted by Gasteiger charge is 2.19. The summed E-state index contributed by atoms with van der Waals surface area (Å²) in [7, 11) is 0. The Morgan fingerprint density at radius 3 is 2.56 bits per heavy atom. The molecule has 1 fully saturated rings. The summed E-state index contributed by atoms with van der Waals surface area (Å²) in [6, 6.07) is 10.4. The van der Waals surface area contributed by atoms with E-state index in [0.717, 1.165) is 31.6 Å². The van der Waals surface area contributed by atoms with Crippen molar-refractivity contribution in [1.29, 1.82) is 0 Å². The number of hydrogen-bond acceptors (Lipinski definition) is 1. The Balaban J connectivity index is 1.62. The van der Waals surface area contributed by atoms with E-state index in [1.807, 2.05) is 6.07 Å². The van der Waals surface area contributed by atoms with Crippen molar-refractivity contribution in [3.63, 3.8) is 0 Å². The Hall–Kier alpha value is -1.11. The molecule has 0 aliphatic heterocycles. The average molecular weight is 216 g/mol. The molecule has 2 rings (SSSR count). The molecular weight excluding hydrogens is 196 g/mol. The van der Waals surface area contributed by atoms with Gasteiger partial charge in [-0.1, -0.05) is 49.6 Å². The molecule has 1 nitrogen and oxygen atoms in total. The topological polar surface area (TPSA) is 17.1 Å². The third-order valence-corrected chi connectivity index (χ3v) is 3.50. The molecule has 0 heterocycles. The first-order valence-corrected chi connectivity index (χ1v) is 6.40. The van der Waals surface area contributed by atoms with E-state index in [-0.39, 0.29) is 0 Å². The van der Waals surface area contributed by atoms with E-state index in [4.69, 9.17) is 0 Å². The van der Waals surface area contributed by atoms with Gasteiger partial charge in [0.1, 0.15) is 5.78 Å². The van der Waals surface area contributed by atoms with Gasteiger partial charge in [0, 0.05) is 12.8 Å². The van der Waals surface area contributed by atoms with E-state index >= 15 is 0 Å². The molecule has 0 saturated heterocycles. The Kier molecular flexibility index (Phi) is 4.15. The minimum atomic E-state index is 0.473. The molecule has 0 aromatic heterocycles. The minimum absolute atomic E-state index is 0.473. The van der Waals surface area contributed by atoms with Crippen LogP contribution in [-0.4, -0.2) is 5.78 Å². The highest BCUT2D eigenvalue weighted by atomic mass is 16.1. The number of benzene rings is 1. The quantitative estimate of drug-likeness (QED) is 0.707. The Bertz CT molecular complexity index is 325. The van der Waals surface area contributed by atoms with Crippen LogP contribution >= 0.6 is 0 Å². The standard InChI is InChI=1S/C15H20O/c16-15(12-14-9-4-10-14)11-5-8-13-6-2-1-3-7-13/h1-3,6-7,14H,4-5,8-12H2. The van der Waals surface area contributed by atoms with Crippen molar-refractivity contribution in [2.75, 3.05) is 0 Å². The van der Waals surface area contributed by atoms with Crippen molar-refractivity contribution >= 4 is 5.78 Å². The number of carbonyl (C=O) groups excluding carboxylic acids is 1. The zero-order valence-corrected chi connectivity index (χ0v) is 9.82. The van der Waals surface area contributed by atoms with Crippen molar-refractivity contribution in [3.8, 4) is 0 Å². The summed E-state index contributed by atoms with van der Waals surface area (Å²) in [5, 5.41) is 0. The first kappa shape index (κ1) is 11.4. The fourth-order valence-electron chi connectivity index (χ4n) is 2.26. The molecular formula is C15H20O. The van der Waals surface area contributed by atoms with E-state index in [9.17, 15) is 4.79 Å². The monoisotopic (exact) mass is 216 g/mol. The van der Waals surface area contributed by atoms with Crippen LogP contribution in [0.25, 0.3) is 0 Å². The van der Waals surface area contributed by atoms with E-state index in [0.29, 0.717) is 5.78 Å². The summed E-state index contributed by atoms with van der Waals surface area (Å²) in [5.74, 6) is 1.20. The predicted octanol–water partition coefficient (Wildman–Crippen LogP) is 3.77. The molecule has 1 aromatic carbocycles. The first-order chi connectivity index (χ1) is 7.84. The largest absolute Gasteiger partial charge is 0.300 e. The van der Waals surface area contributed by atoms with Crippen LogP contribution in [0.4, 0.5) is 0 Å². The lowest BCUT2D eigenvalue weighted by molar-refractivity contribution is -0.120. The second kappa shape index (κ2) is 5.83. The van der Waals surface area contributed by atoms with Gasteiger partial charge in [-0.2, -0.15) is 0 Å². The molecule has 0 radical (unpaired) electrons. The molecule has 0 atom stereocenters. The summed E-state index contributed by atoms with van der Waals surface area (Å²) in [6.45, 7) is 0. The van der Waals surface area contributed by atoms with Crippen molar-refractivity contribution in [1.82, 2.24) is 0 Å². The maximum absolute atomic E-state index is 11.6. The zero-order chi connectivity index (χ0) is 11.2. The van der Waals surface area contributed by atoms with Gasteiger partial charge >= 0.3 is 0 Å². The summed E-state index contributed by atoms with van der Waals surface area (Å²) >= 11 is 0. The maximum Gasteiger partial charge on any atom is 0.133 e. The third-order valence-electron chi connectivity index (χ3n) is 3.50. The molecule has 1 saturated carbocycles. The van der Waals surface area contributed by atoms with Gasteiger partial charge < -0.3 is 0 Å². The number of ketones is 1. The Labute approximate surface area is 97.9 Å². The number of aryl methyl sites for hydroxylation is 1. The van der Waals surface area contributed by atoms with Crippen molar-refractivity contribution < 1.29 is 4.79 Å². The molecule has 1 heteroatoms. The minimum Gasteiger partial charge on any atom is -0.300 e. The lowest BCUT2D eigenvalue weighted by Gasteiger charge is -2.24. The van der Waals surface area contributed by atoms with Crippen LogP contribution in [0.15, 0.2) is 30.3 Å². The maximum atomic E-state index is 11.6. The second-order valence-corrected chi connectivity index (χ2v) is 4.88. The van der Waals surface area contributed by atoms with Gasteiger partial charge in [-0.15, -0.1) is 0 Å². The lowest BCUT2D eigenvalue weighted by Crippen LogP contribution is -2.15. The van der Waals surface area contributed by atoms with Gasteiger partial charge in [0.2, 0.25) is 0 Å². The van der Waals surface area contributed by atoms with Crippen LogP contribution in [0.1, 0.15) is 44.1 Å². The zero-order valence-electron chi connectivity index (χ0n) is 9.82. The summed E-state index contributed by atoms with van der Waals surface area (Å²) in [4.78, 5) is 11.6. The van der Waals surface area contributed by atoms with Crippen LogP contribution in [-0.2, 0) is 11.2 Å². The SMILES string of the molecule is O=C(CCCc1ccccc1)CC1CCC1. The van der Waals surface area contributed by atoms with Crippen LogP contribution in [0, 0.1) is 5.92 Å². The van der Waals surface area contributed by atoms with Crippen molar-refractivity contribution in [3.05, 3.63) is 35.9 Å². The molecule has 1 aliphatic carbocycles. The summed E-state index contributed by atoms with van der Waals surface area (Å²) in [6.07, 6.45) is 7.56. The fourth-order valence-corrected chi connectivity index (χ4v) is 2.26. The van der Waals surface area contributed by atoms with Gasteiger partial charge in [0.05, 0.1) is 0 Å². The fraction of sp³-hybridized carbons (Fsp3) is 0.533. The smallest absolute Gasteiger partial charge is 0.133 e. The van der Waals surface area contributed by atoms with Gasteiger partial charge in [0.25, 0.3) is 0 Å². The lowest BCUT2D eigenvalue weighted by atomic mass is 9.81. The van der Waals surface area contributed by atoms with Crippen LogP contribution in [0.5, 0.6) is 0 Å². The summed E-state index contributed by atoms with van der Waals surface area (Å²) < 4.78 is 0. The van der Waals surface area contributed by atoms with E-state index in [1.54, 1.807) is 0 Å². The molecule has 0 bridgehead atoms. The Morgan fingerprint density at radius 2 is 1.94 bits per heavy atom. The first-order valence-electron chi connectivity index (χ1n) is 6.40. The number of carbonyl (C=O) groups is 1. The van der Waals surface area contributed by atoms with Gasteiger partial charge in [-0.05, 0) is 24.3 Å². The third kappa shape index (κ3) is 3.48. The number of rotatable bonds is 6. The number of hydrogen-bond donors (Lipinski definition) is 0. The van der Waals surface area contributed by atoms with Gasteiger partial charge in [0.15, 0.2) is 0 Å². The Morgan fingerprint density at radius 1 is 1.19 bits per heavy atom. The molecule has 86 valence electrons. The molecule has 16 heavy (non-hydrogen) atoms. The molecule has 1 aromatic rings. The van der Waals surface area contributed by atoms with Crippen molar-refractivity contribution in [2.45, 2.75) is 44.9 Å². The number of Topliss-reactive ketones (excluding diaryl/α,β-unsaturated/α-hetero) is 1. The van der Waals surface area contributed by atoms with Gasteiger partial charge in [-0.3, -0.25) is 4.79 Å². The summed E-state index contributed by atoms with van der Waals surface area (Å²) in [5.41, 5.74) is 1.35. The predicted molar refractivity (Wildman–Crippen MR) is 66.3 cm³/mol. The van der Waals surface area contributed by atoms with Crippen molar-refractivity contribution in [2.24, 2.45) is 5.92 Å². The van der Waals surface area contributed by atoms with E-state index < -0.39 is 0 Å². The molecule has 0 N–H and O–H groups in total. The average Bonchev–Trinajstić information content (AvgIpc) is 2.25. The molecule has 0 amide bonds. The molecule has 1 aliphatic rings. The molecule has 0 spiro atoms. The van der Waals surface area contributed by atoms with Crippen LogP contribution < -0.4 is 0 Å². The highest BCUT2D eigenvalue weighted by molar-refractivity contribution is 5.78. The van der Waals surface area contributed by atoms with Gasteiger partial charge in [-0.25, -0.2) is 0 Å². The second-order valence-electron chi connectivity index (χ2n) is 4.88. The van der Waals surface area contributed by atoms with Crippen LogP contribution in [0.2, 0.25) is 0 Å². The van der Waals surface area contributed by atoms with E-state index in [2.05, 4.69) is 24.3 Å². The highest BCUT2D eigenvalue weighted by Crippen LogP contribution is 2.29. The van der Waals surface area contributed by atoms with E-state index in [1.165, 1.54) is 24.8 Å². The van der Waals surface area contributed by atoms with Crippen LogP contribution in [0.3, 0.4) is 0 Å². The normalized spacial score (nSPS) is 15.8. The molecule has 0 unspecified atom stereocenters.